The van der Waals surface area contributed by atoms with Crippen molar-refractivity contribution < 1.29 is 13.3 Å². The van der Waals surface area contributed by atoms with Crippen LogP contribution in [0.1, 0.15) is 0 Å². The highest BCUT2D eigenvalue weighted by Gasteiger charge is 2.21. The molecule has 19 heavy (non-hydrogen) atoms. The van der Waals surface area contributed by atoms with Crippen LogP contribution in [0.2, 0.25) is 5.02 Å². The van der Waals surface area contributed by atoms with Gasteiger partial charge in [-0.15, -0.1) is 0 Å². The normalized spacial score (nSPS) is 11.2. The van der Waals surface area contributed by atoms with Gasteiger partial charge in [0.1, 0.15) is 4.90 Å². The van der Waals surface area contributed by atoms with E-state index in [0.29, 0.717) is 0 Å². The predicted octanol–water partition coefficient (Wildman–Crippen LogP) is 1.77. The minimum Gasteiger partial charge on any atom is -0.330 e. The van der Waals surface area contributed by atoms with Crippen molar-refractivity contribution in [3.63, 3.8) is 0 Å². The van der Waals surface area contributed by atoms with E-state index >= 15 is 0 Å². The van der Waals surface area contributed by atoms with Crippen molar-refractivity contribution >= 4 is 33.3 Å². The van der Waals surface area contributed by atoms with Crippen molar-refractivity contribution in [2.45, 2.75) is 4.90 Å². The van der Waals surface area contributed by atoms with E-state index in [1.54, 1.807) is 0 Å². The molecule has 0 fully saturated rings. The number of sulfonamides is 1. The zero-order valence-electron chi connectivity index (χ0n) is 9.20. The third-order valence-electron chi connectivity index (χ3n) is 2.15. The van der Waals surface area contributed by atoms with Crippen LogP contribution in [-0.2, 0) is 10.0 Å². The van der Waals surface area contributed by atoms with E-state index in [1.165, 1.54) is 12.4 Å². The van der Waals surface area contributed by atoms with Crippen molar-refractivity contribution in [1.29, 1.82) is 0 Å². The molecule has 0 atom stereocenters. The van der Waals surface area contributed by atoms with Gasteiger partial charge in [-0.05, 0) is 6.07 Å². The molecule has 1 heterocycles. The highest BCUT2D eigenvalue weighted by atomic mass is 35.5. The van der Waals surface area contributed by atoms with Crippen LogP contribution in [0.15, 0.2) is 35.5 Å². The number of rotatable bonds is 4. The third-order valence-corrected chi connectivity index (χ3v) is 3.97. The van der Waals surface area contributed by atoms with Gasteiger partial charge in [-0.1, -0.05) is 11.6 Å². The van der Waals surface area contributed by atoms with Gasteiger partial charge in [-0.25, -0.2) is 18.1 Å². The summed E-state index contributed by atoms with van der Waals surface area (Å²) >= 11 is 5.74. The molecule has 10 heteroatoms. The smallest absolute Gasteiger partial charge is 0.271 e. The highest BCUT2D eigenvalue weighted by Crippen LogP contribution is 2.27. The number of non-ortho nitro benzene ring substituents is 1. The Balaban J connectivity index is 2.38. The van der Waals surface area contributed by atoms with Crippen LogP contribution in [0.4, 0.5) is 11.6 Å². The lowest BCUT2D eigenvalue weighted by Crippen LogP contribution is -2.14. The van der Waals surface area contributed by atoms with Crippen LogP contribution in [0, 0.1) is 10.1 Å². The molecular formula is C9H7ClN4O4S. The lowest BCUT2D eigenvalue weighted by atomic mass is 10.3. The average molecular weight is 303 g/mol. The van der Waals surface area contributed by atoms with Crippen molar-refractivity contribution in [2.24, 2.45) is 0 Å². The summed E-state index contributed by atoms with van der Waals surface area (Å²) in [5.41, 5.74) is -0.290. The van der Waals surface area contributed by atoms with E-state index in [0.717, 1.165) is 18.2 Å². The Bertz CT molecular complexity index is 714. The zero-order chi connectivity index (χ0) is 14.0. The summed E-state index contributed by atoms with van der Waals surface area (Å²) in [5.74, 6) is 0.0226. The summed E-state index contributed by atoms with van der Waals surface area (Å²) in [6.45, 7) is 0. The van der Waals surface area contributed by atoms with Gasteiger partial charge in [0.25, 0.3) is 15.7 Å². The fourth-order valence-electron chi connectivity index (χ4n) is 1.32. The Hall–Kier alpha value is -2.13. The number of hydrogen-bond acceptors (Lipinski definition) is 5. The van der Waals surface area contributed by atoms with Crippen LogP contribution in [0.3, 0.4) is 0 Å². The van der Waals surface area contributed by atoms with Crippen molar-refractivity contribution in [1.82, 2.24) is 9.97 Å². The SMILES string of the molecule is O=[N+]([O-])c1ccc(S(=O)(=O)Nc2ncc[nH]2)c(Cl)c1. The molecule has 0 unspecified atom stereocenters. The predicted molar refractivity (Wildman–Crippen MR) is 67.5 cm³/mol. The summed E-state index contributed by atoms with van der Waals surface area (Å²) < 4.78 is 26.1. The number of aromatic nitrogens is 2. The first kappa shape index (κ1) is 13.3. The molecule has 1 aromatic carbocycles. The largest absolute Gasteiger partial charge is 0.330 e. The summed E-state index contributed by atoms with van der Waals surface area (Å²) in [5, 5.41) is 10.3. The fraction of sp³-hybridized carbons (Fsp3) is 0. The van der Waals surface area contributed by atoms with Crippen molar-refractivity contribution in [3.05, 3.63) is 45.7 Å². The van der Waals surface area contributed by atoms with Gasteiger partial charge in [0.05, 0.1) is 9.95 Å². The van der Waals surface area contributed by atoms with E-state index in [-0.39, 0.29) is 21.6 Å². The number of nitro benzene ring substituents is 1. The maximum Gasteiger partial charge on any atom is 0.271 e. The quantitative estimate of drug-likeness (QED) is 0.659. The standard InChI is InChI=1S/C9H7ClN4O4S/c10-7-5-6(14(15)16)1-2-8(7)19(17,18)13-9-11-3-4-12-9/h1-5H,(H2,11,12,13). The molecule has 0 aliphatic carbocycles. The van der Waals surface area contributed by atoms with Crippen molar-refractivity contribution in [3.8, 4) is 0 Å². The zero-order valence-corrected chi connectivity index (χ0v) is 10.8. The number of anilines is 1. The molecule has 0 spiro atoms. The molecule has 0 aliphatic heterocycles. The number of aromatic amines is 1. The van der Waals surface area contributed by atoms with Gasteiger partial charge in [-0.2, -0.15) is 0 Å². The van der Waals surface area contributed by atoms with Gasteiger partial charge < -0.3 is 4.98 Å². The van der Waals surface area contributed by atoms with E-state index in [9.17, 15) is 18.5 Å². The van der Waals surface area contributed by atoms with E-state index in [4.69, 9.17) is 11.6 Å². The lowest BCUT2D eigenvalue weighted by molar-refractivity contribution is -0.384. The van der Waals surface area contributed by atoms with Crippen LogP contribution >= 0.6 is 11.6 Å². The monoisotopic (exact) mass is 302 g/mol. The molecule has 8 nitrogen and oxygen atoms in total. The van der Waals surface area contributed by atoms with E-state index in [1.807, 2.05) is 0 Å². The molecule has 0 saturated heterocycles. The Morgan fingerprint density at radius 3 is 2.68 bits per heavy atom. The summed E-state index contributed by atoms with van der Waals surface area (Å²) in [7, 11) is -3.95. The van der Waals surface area contributed by atoms with Gasteiger partial charge in [-0.3, -0.25) is 10.1 Å². The van der Waals surface area contributed by atoms with E-state index < -0.39 is 14.9 Å². The van der Waals surface area contributed by atoms with Gasteiger partial charge in [0, 0.05) is 24.5 Å². The Morgan fingerprint density at radius 2 is 2.16 bits per heavy atom. The number of nitrogens with one attached hydrogen (secondary N) is 2. The van der Waals surface area contributed by atoms with Gasteiger partial charge in [0.15, 0.2) is 0 Å². The van der Waals surface area contributed by atoms with Crippen LogP contribution < -0.4 is 4.72 Å². The number of hydrogen-bond donors (Lipinski definition) is 2. The Labute approximate surface area is 112 Å². The average Bonchev–Trinajstić information content (AvgIpc) is 2.80. The maximum atomic E-state index is 12.0. The number of nitro groups is 1. The topological polar surface area (TPSA) is 118 Å². The first-order valence-electron chi connectivity index (χ1n) is 4.86. The second kappa shape index (κ2) is 4.86. The molecule has 0 saturated carbocycles. The first-order valence-corrected chi connectivity index (χ1v) is 6.72. The molecule has 0 bridgehead atoms. The number of H-pyrrole nitrogens is 1. The van der Waals surface area contributed by atoms with Crippen LogP contribution in [0.25, 0.3) is 0 Å². The van der Waals surface area contributed by atoms with Gasteiger partial charge >= 0.3 is 0 Å². The number of halogens is 1. The molecule has 2 N–H and O–H groups in total. The number of benzene rings is 1. The van der Waals surface area contributed by atoms with Gasteiger partial charge in [0.2, 0.25) is 5.95 Å². The highest BCUT2D eigenvalue weighted by molar-refractivity contribution is 7.92. The lowest BCUT2D eigenvalue weighted by Gasteiger charge is -2.06. The number of nitrogens with zero attached hydrogens (tertiary/aromatic N) is 2. The molecule has 0 radical (unpaired) electrons. The third kappa shape index (κ3) is 2.83. The fourth-order valence-corrected chi connectivity index (χ4v) is 2.84. The molecule has 0 aliphatic rings. The second-order valence-corrected chi connectivity index (χ2v) is 5.47. The maximum absolute atomic E-state index is 12.0. The minimum atomic E-state index is -3.95. The molecule has 100 valence electrons. The van der Waals surface area contributed by atoms with E-state index in [2.05, 4.69) is 14.7 Å². The summed E-state index contributed by atoms with van der Waals surface area (Å²) in [4.78, 5) is 15.9. The summed E-state index contributed by atoms with van der Waals surface area (Å²) in [6.07, 6.45) is 2.81. The molecule has 1 aromatic heterocycles. The first-order chi connectivity index (χ1) is 8.90. The Morgan fingerprint density at radius 1 is 1.42 bits per heavy atom. The van der Waals surface area contributed by atoms with Crippen LogP contribution in [-0.4, -0.2) is 23.3 Å². The molecule has 2 aromatic rings. The number of imidazole rings is 1. The van der Waals surface area contributed by atoms with Crippen molar-refractivity contribution in [2.75, 3.05) is 4.72 Å². The molecular weight excluding hydrogens is 296 g/mol. The molecule has 2 rings (SSSR count). The van der Waals surface area contributed by atoms with Crippen LogP contribution in [0.5, 0.6) is 0 Å². The minimum absolute atomic E-state index is 0.0226. The summed E-state index contributed by atoms with van der Waals surface area (Å²) in [6, 6.07) is 3.09. The molecule has 0 amide bonds. The second-order valence-electron chi connectivity index (χ2n) is 3.42. The Kier molecular flexibility index (Phi) is 3.40.